The molecule has 0 aromatic carbocycles. The van der Waals surface area contributed by atoms with Crippen molar-refractivity contribution in [2.24, 2.45) is 0 Å². The molecule has 0 aliphatic heterocycles. The lowest BCUT2D eigenvalue weighted by molar-refractivity contribution is -0.149. The lowest BCUT2D eigenvalue weighted by Crippen LogP contribution is -2.24. The summed E-state index contributed by atoms with van der Waals surface area (Å²) in [6, 6.07) is 0. The zero-order valence-electron chi connectivity index (χ0n) is 10.5. The molecule has 0 fully saturated rings. The smallest absolute Gasteiger partial charge is 0.320 e. The van der Waals surface area contributed by atoms with Gasteiger partial charge in [0.05, 0.1) is 19.6 Å². The Bertz CT molecular complexity index is 335. The van der Waals surface area contributed by atoms with Gasteiger partial charge >= 0.3 is 11.9 Å². The second kappa shape index (κ2) is 8.87. The normalized spacial score (nSPS) is 15.6. The lowest BCUT2D eigenvalue weighted by atomic mass is 10.3. The Kier molecular flexibility index (Phi) is 8.81. The molecule has 0 heterocycles. The Morgan fingerprint density at radius 2 is 1.89 bits per heavy atom. The van der Waals surface area contributed by atoms with E-state index < -0.39 is 22.9 Å². The van der Waals surface area contributed by atoms with Gasteiger partial charge in [0.2, 0.25) is 5.69 Å². The fraction of sp³-hybridized carbons (Fsp3) is 0.778. The summed E-state index contributed by atoms with van der Waals surface area (Å²) >= 11 is 5.52. The molecule has 106 valence electrons. The van der Waals surface area contributed by atoms with Crippen molar-refractivity contribution < 1.29 is 28.5 Å². The van der Waals surface area contributed by atoms with Crippen molar-refractivity contribution >= 4 is 40.8 Å². The summed E-state index contributed by atoms with van der Waals surface area (Å²) < 4.78 is 14.3. The Balaban J connectivity index is 4.67. The Labute approximate surface area is 115 Å². The van der Waals surface area contributed by atoms with E-state index in [1.54, 1.807) is 13.8 Å². The number of carbonyl (C=O) groups is 2. The predicted octanol–water partition coefficient (Wildman–Crippen LogP) is 1.47. The Hall–Kier alpha value is -0.140. The molecule has 2 atom stereocenters. The van der Waals surface area contributed by atoms with E-state index in [1.165, 1.54) is 7.11 Å². The topological polar surface area (TPSA) is 82.1 Å². The van der Waals surface area contributed by atoms with E-state index in [0.717, 1.165) is 11.4 Å². The van der Waals surface area contributed by atoms with Gasteiger partial charge < -0.3 is 18.9 Å². The molecule has 0 aromatic heterocycles. The molecular weight excluding hydrogens is 299 g/mol. The van der Waals surface area contributed by atoms with E-state index in [0.29, 0.717) is 0 Å². The molecule has 1 N–H and O–H groups in total. The van der Waals surface area contributed by atoms with Gasteiger partial charge in [-0.05, 0) is 25.7 Å². The number of hydrogen-bond donors (Lipinski definition) is 1. The summed E-state index contributed by atoms with van der Waals surface area (Å²) in [7, 11) is 1.25. The van der Waals surface area contributed by atoms with Crippen LogP contribution in [0.2, 0.25) is 0 Å². The molecule has 9 heteroatoms. The number of carbonyl (C=O) groups excluding carboxylic acids is 2. The third kappa shape index (κ3) is 7.33. The zero-order chi connectivity index (χ0) is 14.2. The van der Waals surface area contributed by atoms with Crippen molar-refractivity contribution in [3.8, 4) is 0 Å². The summed E-state index contributed by atoms with van der Waals surface area (Å²) in [4.78, 5) is 32.6. The minimum Gasteiger partial charge on any atom is -0.466 e. The molecule has 0 radical (unpaired) electrons. The molecule has 0 amide bonds. The molecule has 2 unspecified atom stereocenters. The van der Waals surface area contributed by atoms with Crippen molar-refractivity contribution in [2.45, 2.75) is 25.5 Å². The van der Waals surface area contributed by atoms with E-state index >= 15 is 0 Å². The fourth-order valence-corrected chi connectivity index (χ4v) is 4.39. The highest BCUT2D eigenvalue weighted by atomic mass is 32.9. The number of esters is 2. The van der Waals surface area contributed by atoms with Gasteiger partial charge in [-0.2, -0.15) is 0 Å². The first kappa shape index (κ1) is 17.9. The average Bonchev–Trinajstić information content (AvgIpc) is 2.28. The number of ether oxygens (including phenoxy) is 2. The Morgan fingerprint density at radius 1 is 1.33 bits per heavy atom. The monoisotopic (exact) mass is 316 g/mol. The summed E-state index contributed by atoms with van der Waals surface area (Å²) in [5.41, 5.74) is -3.14. The molecule has 0 aliphatic rings. The van der Waals surface area contributed by atoms with Gasteiger partial charge in [0.1, 0.15) is 5.25 Å². The van der Waals surface area contributed by atoms with E-state index in [1.807, 2.05) is 0 Å². The van der Waals surface area contributed by atoms with Crippen LogP contribution in [0.25, 0.3) is 0 Å². The fourth-order valence-electron chi connectivity index (χ4n) is 0.974. The molecular formula is C9H17O6PS2. The van der Waals surface area contributed by atoms with Crippen LogP contribution in [0.5, 0.6) is 0 Å². The third-order valence-corrected chi connectivity index (χ3v) is 6.27. The highest BCUT2D eigenvalue weighted by Gasteiger charge is 2.30. The van der Waals surface area contributed by atoms with Crippen molar-refractivity contribution in [3.63, 3.8) is 0 Å². The summed E-state index contributed by atoms with van der Waals surface area (Å²) in [6.07, 6.45) is -0.209. The Morgan fingerprint density at radius 3 is 2.33 bits per heavy atom. The van der Waals surface area contributed by atoms with Crippen LogP contribution in [0.15, 0.2) is 0 Å². The van der Waals surface area contributed by atoms with Crippen LogP contribution >= 0.6 is 17.1 Å². The quantitative estimate of drug-likeness (QED) is 0.532. The summed E-state index contributed by atoms with van der Waals surface area (Å²) in [5, 5.41) is -0.917. The minimum absolute atomic E-state index is 0.181. The molecule has 0 spiro atoms. The third-order valence-electron chi connectivity index (χ3n) is 1.70. The van der Waals surface area contributed by atoms with Crippen molar-refractivity contribution in [1.82, 2.24) is 0 Å². The highest BCUT2D eigenvalue weighted by Crippen LogP contribution is 2.58. The lowest BCUT2D eigenvalue weighted by Gasteiger charge is -2.18. The second-order valence-electron chi connectivity index (χ2n) is 3.01. The zero-order valence-corrected chi connectivity index (χ0v) is 13.0. The summed E-state index contributed by atoms with van der Waals surface area (Å²) in [5.74, 6) is -1.16. The van der Waals surface area contributed by atoms with Crippen LogP contribution in [0.3, 0.4) is 0 Å². The molecule has 0 bridgehead atoms. The minimum atomic E-state index is -3.14. The van der Waals surface area contributed by atoms with Gasteiger partial charge in [-0.3, -0.25) is 9.59 Å². The van der Waals surface area contributed by atoms with Gasteiger partial charge in [0.15, 0.2) is 0 Å². The molecule has 0 rings (SSSR count). The molecule has 0 saturated carbocycles. The first-order chi connectivity index (χ1) is 8.36. The molecule has 0 aromatic rings. The van der Waals surface area contributed by atoms with Crippen LogP contribution in [0.1, 0.15) is 20.3 Å². The van der Waals surface area contributed by atoms with Gasteiger partial charge in [0.25, 0.3) is 0 Å². The SMILES string of the molecule is CCOC(=O)CC(SP(O)(=S)OC)C(=O)OCC. The summed E-state index contributed by atoms with van der Waals surface area (Å²) in [6.45, 7) is 3.71. The molecule has 0 saturated heterocycles. The first-order valence-corrected chi connectivity index (χ1v) is 9.41. The van der Waals surface area contributed by atoms with Crippen LogP contribution in [-0.2, 0) is 35.4 Å². The van der Waals surface area contributed by atoms with E-state index in [9.17, 15) is 14.5 Å². The largest absolute Gasteiger partial charge is 0.466 e. The van der Waals surface area contributed by atoms with Crippen LogP contribution in [0.4, 0.5) is 0 Å². The second-order valence-corrected chi connectivity index (χ2v) is 9.38. The van der Waals surface area contributed by atoms with Crippen LogP contribution in [-0.4, -0.2) is 42.4 Å². The van der Waals surface area contributed by atoms with Crippen LogP contribution < -0.4 is 0 Å². The van der Waals surface area contributed by atoms with Crippen molar-refractivity contribution in [1.29, 1.82) is 0 Å². The van der Waals surface area contributed by atoms with Gasteiger partial charge in [0, 0.05) is 7.11 Å². The molecule has 6 nitrogen and oxygen atoms in total. The van der Waals surface area contributed by atoms with E-state index in [4.69, 9.17) is 25.8 Å². The standard InChI is InChI=1S/C9H17O6PS2/c1-4-14-8(10)6-7(9(11)15-5-2)18-16(12,17)13-3/h7H,4-6H2,1-3H3,(H,12,17). The maximum absolute atomic E-state index is 11.6. The maximum Gasteiger partial charge on any atom is 0.320 e. The van der Waals surface area contributed by atoms with E-state index in [2.05, 4.69) is 0 Å². The van der Waals surface area contributed by atoms with Crippen LogP contribution in [0, 0.1) is 0 Å². The van der Waals surface area contributed by atoms with E-state index in [-0.39, 0.29) is 19.6 Å². The maximum atomic E-state index is 11.6. The molecule has 0 aliphatic carbocycles. The van der Waals surface area contributed by atoms with Gasteiger partial charge in [-0.15, -0.1) is 0 Å². The van der Waals surface area contributed by atoms with Crippen molar-refractivity contribution in [3.05, 3.63) is 0 Å². The van der Waals surface area contributed by atoms with Gasteiger partial charge in [-0.25, -0.2) is 0 Å². The average molecular weight is 316 g/mol. The first-order valence-electron chi connectivity index (χ1n) is 5.25. The number of hydrogen-bond acceptors (Lipinski definition) is 7. The predicted molar refractivity (Wildman–Crippen MR) is 72.8 cm³/mol. The van der Waals surface area contributed by atoms with Gasteiger partial charge in [-0.1, -0.05) is 11.4 Å². The molecule has 18 heavy (non-hydrogen) atoms. The highest BCUT2D eigenvalue weighted by molar-refractivity contribution is 8.68. The number of rotatable bonds is 8. The van der Waals surface area contributed by atoms with Crippen molar-refractivity contribution in [2.75, 3.05) is 20.3 Å².